The molecule has 0 heterocycles. The first-order valence-electron chi connectivity index (χ1n) is 7.08. The Balaban J connectivity index is 2.08. The molecule has 0 aliphatic carbocycles. The van der Waals surface area contributed by atoms with Crippen molar-refractivity contribution in [3.63, 3.8) is 0 Å². The van der Waals surface area contributed by atoms with Crippen LogP contribution >= 0.6 is 11.6 Å². The Morgan fingerprint density at radius 1 is 1.17 bits per heavy atom. The smallest absolute Gasteiger partial charge is 0.416 e. The maximum absolute atomic E-state index is 12.7. The van der Waals surface area contributed by atoms with Crippen molar-refractivity contribution in [2.24, 2.45) is 5.10 Å². The van der Waals surface area contributed by atoms with Crippen LogP contribution in [0.1, 0.15) is 18.1 Å². The molecular weight excluding hydrogens is 341 g/mol. The fourth-order valence-electron chi connectivity index (χ4n) is 2.02. The first-order chi connectivity index (χ1) is 11.3. The number of hydrazone groups is 1. The summed E-state index contributed by atoms with van der Waals surface area (Å²) >= 11 is 5.91. The van der Waals surface area contributed by atoms with Crippen LogP contribution in [0.4, 0.5) is 18.9 Å². The zero-order valence-corrected chi connectivity index (χ0v) is 13.9. The molecule has 24 heavy (non-hydrogen) atoms. The predicted octanol–water partition coefficient (Wildman–Crippen LogP) is 5.40. The van der Waals surface area contributed by atoms with Crippen LogP contribution in [0.2, 0.25) is 5.02 Å². The largest absolute Gasteiger partial charge is 0.497 e. The van der Waals surface area contributed by atoms with E-state index in [4.69, 9.17) is 16.3 Å². The molecule has 0 bridgehead atoms. The number of hydrogen-bond donors (Lipinski definition) is 1. The number of nitrogens with one attached hydrogen (secondary N) is 1. The SMILES string of the molecule is COc1ccc(C/C(C)=N\Nc2cc(C(F)(F)F)ccc2Cl)cc1. The van der Waals surface area contributed by atoms with Gasteiger partial charge in [0.2, 0.25) is 0 Å². The third kappa shape index (κ3) is 4.89. The van der Waals surface area contributed by atoms with Gasteiger partial charge in [-0.1, -0.05) is 23.7 Å². The number of hydrogen-bond acceptors (Lipinski definition) is 3. The van der Waals surface area contributed by atoms with E-state index in [1.54, 1.807) is 14.0 Å². The molecule has 0 atom stereocenters. The number of anilines is 1. The van der Waals surface area contributed by atoms with Crippen LogP contribution < -0.4 is 10.2 Å². The van der Waals surface area contributed by atoms with Crippen molar-refractivity contribution in [2.75, 3.05) is 12.5 Å². The van der Waals surface area contributed by atoms with E-state index in [1.807, 2.05) is 24.3 Å². The van der Waals surface area contributed by atoms with E-state index in [-0.39, 0.29) is 10.7 Å². The first kappa shape index (κ1) is 18.1. The zero-order valence-electron chi connectivity index (χ0n) is 13.1. The summed E-state index contributed by atoms with van der Waals surface area (Å²) in [6.07, 6.45) is -3.88. The Kier molecular flexibility index (Phi) is 5.72. The van der Waals surface area contributed by atoms with Crippen molar-refractivity contribution in [1.29, 1.82) is 0 Å². The van der Waals surface area contributed by atoms with Gasteiger partial charge in [-0.3, -0.25) is 5.43 Å². The molecule has 0 unspecified atom stereocenters. The molecule has 0 aromatic heterocycles. The molecule has 3 nitrogen and oxygen atoms in total. The Labute approximate surface area is 143 Å². The number of alkyl halides is 3. The second-order valence-corrected chi connectivity index (χ2v) is 5.58. The highest BCUT2D eigenvalue weighted by molar-refractivity contribution is 6.33. The number of methoxy groups -OCH3 is 1. The second kappa shape index (κ2) is 7.57. The number of nitrogens with zero attached hydrogens (tertiary/aromatic N) is 1. The van der Waals surface area contributed by atoms with Crippen molar-refractivity contribution in [3.8, 4) is 5.75 Å². The summed E-state index contributed by atoms with van der Waals surface area (Å²) in [4.78, 5) is 0. The van der Waals surface area contributed by atoms with E-state index < -0.39 is 11.7 Å². The van der Waals surface area contributed by atoms with Crippen molar-refractivity contribution in [3.05, 3.63) is 58.6 Å². The minimum atomic E-state index is -4.43. The van der Waals surface area contributed by atoms with Gasteiger partial charge in [-0.25, -0.2) is 0 Å². The topological polar surface area (TPSA) is 33.6 Å². The lowest BCUT2D eigenvalue weighted by Gasteiger charge is -2.10. The fraction of sp³-hybridized carbons (Fsp3) is 0.235. The van der Waals surface area contributed by atoms with Crippen molar-refractivity contribution in [2.45, 2.75) is 19.5 Å². The number of benzene rings is 2. The minimum Gasteiger partial charge on any atom is -0.497 e. The highest BCUT2D eigenvalue weighted by atomic mass is 35.5. The van der Waals surface area contributed by atoms with Crippen LogP contribution in [0.15, 0.2) is 47.6 Å². The van der Waals surface area contributed by atoms with E-state index in [1.165, 1.54) is 6.07 Å². The standard InChI is InChI=1S/C17H16ClF3N2O/c1-11(9-12-3-6-14(24-2)7-4-12)22-23-16-10-13(17(19,20)21)5-8-15(16)18/h3-8,10,23H,9H2,1-2H3/b22-11-. The van der Waals surface area contributed by atoms with Crippen LogP contribution in [0.25, 0.3) is 0 Å². The van der Waals surface area contributed by atoms with Crippen LogP contribution in [-0.2, 0) is 12.6 Å². The van der Waals surface area contributed by atoms with Gasteiger partial charge < -0.3 is 4.74 Å². The third-order valence-corrected chi connectivity index (χ3v) is 3.61. The Morgan fingerprint density at radius 2 is 1.83 bits per heavy atom. The summed E-state index contributed by atoms with van der Waals surface area (Å²) in [5, 5.41) is 4.27. The Bertz CT molecular complexity index is 728. The molecule has 0 amide bonds. The van der Waals surface area contributed by atoms with Gasteiger partial charge in [-0.05, 0) is 42.8 Å². The van der Waals surface area contributed by atoms with Crippen LogP contribution in [0.5, 0.6) is 5.75 Å². The van der Waals surface area contributed by atoms with Gasteiger partial charge in [0.15, 0.2) is 0 Å². The normalized spacial score (nSPS) is 12.2. The fourth-order valence-corrected chi connectivity index (χ4v) is 2.18. The number of rotatable bonds is 5. The van der Waals surface area contributed by atoms with E-state index in [9.17, 15) is 13.2 Å². The molecule has 2 rings (SSSR count). The van der Waals surface area contributed by atoms with Gasteiger partial charge >= 0.3 is 6.18 Å². The second-order valence-electron chi connectivity index (χ2n) is 5.18. The van der Waals surface area contributed by atoms with E-state index in [0.29, 0.717) is 12.1 Å². The molecule has 0 saturated heterocycles. The quantitative estimate of drug-likeness (QED) is 0.575. The maximum atomic E-state index is 12.7. The Hall–Kier alpha value is -2.21. The summed E-state index contributed by atoms with van der Waals surface area (Å²) < 4.78 is 43.3. The summed E-state index contributed by atoms with van der Waals surface area (Å²) in [5.41, 5.74) is 3.64. The Morgan fingerprint density at radius 3 is 2.42 bits per heavy atom. The monoisotopic (exact) mass is 356 g/mol. The van der Waals surface area contributed by atoms with Gasteiger partial charge in [0.1, 0.15) is 5.75 Å². The lowest BCUT2D eigenvalue weighted by atomic mass is 10.1. The van der Waals surface area contributed by atoms with Crippen LogP contribution in [-0.4, -0.2) is 12.8 Å². The number of halogens is 4. The molecule has 128 valence electrons. The summed E-state index contributed by atoms with van der Waals surface area (Å²) in [7, 11) is 1.59. The van der Waals surface area contributed by atoms with Crippen LogP contribution in [0, 0.1) is 0 Å². The van der Waals surface area contributed by atoms with Crippen molar-refractivity contribution in [1.82, 2.24) is 0 Å². The molecule has 1 N–H and O–H groups in total. The molecule has 0 fully saturated rings. The zero-order chi connectivity index (χ0) is 17.7. The lowest BCUT2D eigenvalue weighted by molar-refractivity contribution is -0.137. The molecule has 0 radical (unpaired) electrons. The highest BCUT2D eigenvalue weighted by Gasteiger charge is 2.30. The molecule has 2 aromatic rings. The molecule has 0 spiro atoms. The minimum absolute atomic E-state index is 0.112. The summed E-state index contributed by atoms with van der Waals surface area (Å²) in [6.45, 7) is 1.78. The molecule has 0 aliphatic rings. The molecule has 2 aromatic carbocycles. The summed E-state index contributed by atoms with van der Waals surface area (Å²) in [5.74, 6) is 0.752. The number of ether oxygens (including phenoxy) is 1. The lowest BCUT2D eigenvalue weighted by Crippen LogP contribution is -2.06. The van der Waals surface area contributed by atoms with Gasteiger partial charge in [0.25, 0.3) is 0 Å². The average molecular weight is 357 g/mol. The third-order valence-electron chi connectivity index (χ3n) is 3.28. The van der Waals surface area contributed by atoms with Gasteiger partial charge in [-0.2, -0.15) is 18.3 Å². The molecular formula is C17H16ClF3N2O. The van der Waals surface area contributed by atoms with Crippen LogP contribution in [0.3, 0.4) is 0 Å². The van der Waals surface area contributed by atoms with E-state index in [2.05, 4.69) is 10.5 Å². The first-order valence-corrected chi connectivity index (χ1v) is 7.46. The van der Waals surface area contributed by atoms with Gasteiger partial charge in [0, 0.05) is 12.1 Å². The highest BCUT2D eigenvalue weighted by Crippen LogP contribution is 2.33. The van der Waals surface area contributed by atoms with Gasteiger partial charge in [-0.15, -0.1) is 0 Å². The van der Waals surface area contributed by atoms with Crippen molar-refractivity contribution < 1.29 is 17.9 Å². The summed E-state index contributed by atoms with van der Waals surface area (Å²) in [6, 6.07) is 10.5. The van der Waals surface area contributed by atoms with E-state index >= 15 is 0 Å². The maximum Gasteiger partial charge on any atom is 0.416 e. The predicted molar refractivity (Wildman–Crippen MR) is 89.9 cm³/mol. The molecule has 7 heteroatoms. The molecule has 0 saturated carbocycles. The van der Waals surface area contributed by atoms with Gasteiger partial charge in [0.05, 0.1) is 23.4 Å². The van der Waals surface area contributed by atoms with Crippen molar-refractivity contribution >= 4 is 23.0 Å². The van der Waals surface area contributed by atoms with E-state index in [0.717, 1.165) is 23.4 Å². The average Bonchev–Trinajstić information content (AvgIpc) is 2.53. The molecule has 0 aliphatic heterocycles.